The Labute approximate surface area is 53.4 Å². The van der Waals surface area contributed by atoms with Gasteiger partial charge in [0.2, 0.25) is 0 Å². The van der Waals surface area contributed by atoms with Crippen LogP contribution in [0.25, 0.3) is 0 Å². The molecule has 0 aromatic carbocycles. The lowest BCUT2D eigenvalue weighted by Crippen LogP contribution is -1.98. The number of methoxy groups -OCH3 is 1. The van der Waals surface area contributed by atoms with E-state index in [-0.39, 0.29) is 18.9 Å². The summed E-state index contributed by atoms with van der Waals surface area (Å²) in [5.41, 5.74) is 0. The highest BCUT2D eigenvalue weighted by Gasteiger charge is 1.83. The second kappa shape index (κ2) is 10.2. The van der Waals surface area contributed by atoms with E-state index in [1.807, 2.05) is 0 Å². The second-order valence-electron chi connectivity index (χ2n) is 1.24. The zero-order chi connectivity index (χ0) is 7.70. The Hall–Kier alpha value is -0.900. The number of Topliss-reactive ketones (excluding diaryl/α,β-unsaturated/α-hetero) is 1. The first-order chi connectivity index (χ1) is 4.18. The van der Waals surface area contributed by atoms with Gasteiger partial charge in [-0.15, -0.1) is 0 Å². The summed E-state index contributed by atoms with van der Waals surface area (Å²) in [5.74, 6) is 0.0671. The minimum atomic E-state index is -0.250. The quantitative estimate of drug-likeness (QED) is 0.536. The smallest absolute Gasteiger partial charge is 0.290 e. The van der Waals surface area contributed by atoms with Crippen molar-refractivity contribution in [2.45, 2.75) is 6.92 Å². The number of carboxylic acid groups (broad SMARTS) is 1. The van der Waals surface area contributed by atoms with Crippen LogP contribution in [-0.2, 0) is 14.3 Å². The first-order valence-electron chi connectivity index (χ1n) is 2.25. The number of carbonyl (C=O) groups excluding carboxylic acids is 1. The van der Waals surface area contributed by atoms with E-state index in [4.69, 9.17) is 9.90 Å². The molecule has 0 aliphatic heterocycles. The van der Waals surface area contributed by atoms with Crippen molar-refractivity contribution in [2.75, 3.05) is 13.7 Å². The van der Waals surface area contributed by atoms with Gasteiger partial charge in [0.05, 0.1) is 0 Å². The molecule has 0 amide bonds. The maximum atomic E-state index is 9.92. The van der Waals surface area contributed by atoms with Gasteiger partial charge in [-0.25, -0.2) is 0 Å². The maximum absolute atomic E-state index is 9.92. The number of ketones is 1. The van der Waals surface area contributed by atoms with Crippen LogP contribution in [0.5, 0.6) is 0 Å². The van der Waals surface area contributed by atoms with Gasteiger partial charge in [0.25, 0.3) is 6.47 Å². The van der Waals surface area contributed by atoms with E-state index in [0.29, 0.717) is 0 Å². The molecule has 9 heavy (non-hydrogen) atoms. The topological polar surface area (TPSA) is 63.6 Å². The van der Waals surface area contributed by atoms with Crippen molar-refractivity contribution in [2.24, 2.45) is 0 Å². The van der Waals surface area contributed by atoms with Crippen LogP contribution in [0.3, 0.4) is 0 Å². The van der Waals surface area contributed by atoms with E-state index in [9.17, 15) is 4.79 Å². The predicted octanol–water partition coefficient (Wildman–Crippen LogP) is -0.0774. The third kappa shape index (κ3) is 41.9. The van der Waals surface area contributed by atoms with Gasteiger partial charge in [-0.05, 0) is 6.92 Å². The molecule has 0 rings (SSSR count). The van der Waals surface area contributed by atoms with E-state index in [1.54, 1.807) is 0 Å². The number of hydrogen-bond donors (Lipinski definition) is 1. The fourth-order valence-electron chi connectivity index (χ4n) is 0.203. The lowest BCUT2D eigenvalue weighted by molar-refractivity contribution is -0.123. The lowest BCUT2D eigenvalue weighted by atomic mass is 10.5. The van der Waals surface area contributed by atoms with Crippen LogP contribution in [0.15, 0.2) is 0 Å². The molecular weight excluding hydrogens is 124 g/mol. The average molecular weight is 134 g/mol. The molecule has 0 atom stereocenters. The fourth-order valence-corrected chi connectivity index (χ4v) is 0.203. The SMILES string of the molecule is COCC(C)=O.O=CO. The van der Waals surface area contributed by atoms with Gasteiger partial charge >= 0.3 is 0 Å². The van der Waals surface area contributed by atoms with Crippen LogP contribution in [-0.4, -0.2) is 31.1 Å². The van der Waals surface area contributed by atoms with Crippen LogP contribution in [0.1, 0.15) is 6.92 Å². The van der Waals surface area contributed by atoms with Gasteiger partial charge in [0.15, 0.2) is 5.78 Å². The summed E-state index contributed by atoms with van der Waals surface area (Å²) in [4.78, 5) is 18.3. The molecule has 0 aliphatic rings. The number of carbonyl (C=O) groups is 2. The zero-order valence-corrected chi connectivity index (χ0v) is 5.46. The van der Waals surface area contributed by atoms with Gasteiger partial charge < -0.3 is 9.84 Å². The first-order valence-corrected chi connectivity index (χ1v) is 2.25. The molecule has 0 bridgehead atoms. The normalized spacial score (nSPS) is 6.89. The Morgan fingerprint density at radius 3 is 2.11 bits per heavy atom. The first kappa shape index (κ1) is 11.0. The van der Waals surface area contributed by atoms with Crippen molar-refractivity contribution >= 4 is 12.3 Å². The molecule has 0 unspecified atom stereocenters. The molecule has 54 valence electrons. The third-order valence-electron chi connectivity index (χ3n) is 0.348. The largest absolute Gasteiger partial charge is 0.483 e. The van der Waals surface area contributed by atoms with Gasteiger partial charge in [0.1, 0.15) is 6.61 Å². The molecule has 0 heterocycles. The summed E-state index contributed by atoms with van der Waals surface area (Å²) in [6.07, 6.45) is 0. The number of ether oxygens (including phenoxy) is 1. The lowest BCUT2D eigenvalue weighted by Gasteiger charge is -1.84. The van der Waals surface area contributed by atoms with E-state index in [1.165, 1.54) is 14.0 Å². The molecular formula is C5H10O4. The Kier molecular flexibility index (Phi) is 12.4. The number of rotatable bonds is 2. The molecule has 0 aromatic rings. The van der Waals surface area contributed by atoms with Crippen LogP contribution in [0.2, 0.25) is 0 Å². The summed E-state index contributed by atoms with van der Waals surface area (Å²) in [7, 11) is 1.50. The monoisotopic (exact) mass is 134 g/mol. The van der Waals surface area contributed by atoms with Crippen molar-refractivity contribution in [3.63, 3.8) is 0 Å². The Morgan fingerprint density at radius 2 is 2.11 bits per heavy atom. The summed E-state index contributed by atoms with van der Waals surface area (Å²) in [6.45, 7) is 1.48. The third-order valence-corrected chi connectivity index (χ3v) is 0.348. The highest BCUT2D eigenvalue weighted by atomic mass is 16.5. The van der Waals surface area contributed by atoms with Crippen LogP contribution < -0.4 is 0 Å². The van der Waals surface area contributed by atoms with Gasteiger partial charge in [-0.3, -0.25) is 9.59 Å². The molecule has 4 heteroatoms. The molecule has 0 saturated heterocycles. The van der Waals surface area contributed by atoms with Crippen molar-refractivity contribution in [1.29, 1.82) is 0 Å². The van der Waals surface area contributed by atoms with Gasteiger partial charge in [-0.1, -0.05) is 0 Å². The Bertz CT molecular complexity index is 79.0. The fraction of sp³-hybridized carbons (Fsp3) is 0.600. The van der Waals surface area contributed by atoms with Crippen molar-refractivity contribution in [3.05, 3.63) is 0 Å². The van der Waals surface area contributed by atoms with E-state index >= 15 is 0 Å². The zero-order valence-electron chi connectivity index (χ0n) is 5.46. The summed E-state index contributed by atoms with van der Waals surface area (Å²) >= 11 is 0. The van der Waals surface area contributed by atoms with E-state index in [2.05, 4.69) is 4.74 Å². The predicted molar refractivity (Wildman–Crippen MR) is 31.2 cm³/mol. The molecule has 1 N–H and O–H groups in total. The highest BCUT2D eigenvalue weighted by molar-refractivity contribution is 5.76. The van der Waals surface area contributed by atoms with Gasteiger partial charge in [0, 0.05) is 7.11 Å². The molecule has 0 aromatic heterocycles. The van der Waals surface area contributed by atoms with Crippen molar-refractivity contribution < 1.29 is 19.4 Å². The second-order valence-corrected chi connectivity index (χ2v) is 1.24. The standard InChI is InChI=1S/C4H8O2.CH2O2/c1-4(5)3-6-2;2-1-3/h3H2,1-2H3;1H,(H,2,3). The van der Waals surface area contributed by atoms with Crippen molar-refractivity contribution in [1.82, 2.24) is 0 Å². The summed E-state index contributed by atoms with van der Waals surface area (Å²) in [6, 6.07) is 0. The molecule has 4 nitrogen and oxygen atoms in total. The number of hydrogen-bond acceptors (Lipinski definition) is 3. The van der Waals surface area contributed by atoms with E-state index < -0.39 is 0 Å². The highest BCUT2D eigenvalue weighted by Crippen LogP contribution is 1.65. The van der Waals surface area contributed by atoms with Crippen LogP contribution in [0.4, 0.5) is 0 Å². The molecule has 0 aliphatic carbocycles. The minimum Gasteiger partial charge on any atom is -0.483 e. The average Bonchev–Trinajstić information content (AvgIpc) is 1.67. The summed E-state index contributed by atoms with van der Waals surface area (Å²) < 4.78 is 4.45. The Morgan fingerprint density at radius 1 is 1.78 bits per heavy atom. The van der Waals surface area contributed by atoms with Crippen LogP contribution >= 0.6 is 0 Å². The molecule has 0 saturated carbocycles. The molecule has 0 fully saturated rings. The molecule has 0 spiro atoms. The van der Waals surface area contributed by atoms with Crippen molar-refractivity contribution in [3.8, 4) is 0 Å². The molecule has 0 radical (unpaired) electrons. The van der Waals surface area contributed by atoms with E-state index in [0.717, 1.165) is 0 Å². The maximum Gasteiger partial charge on any atom is 0.290 e. The Balaban J connectivity index is 0. The summed E-state index contributed by atoms with van der Waals surface area (Å²) in [5, 5.41) is 6.89. The minimum absolute atomic E-state index is 0.0671. The van der Waals surface area contributed by atoms with Gasteiger partial charge in [-0.2, -0.15) is 0 Å². The van der Waals surface area contributed by atoms with Crippen LogP contribution in [0, 0.1) is 0 Å².